The molecule has 10 heavy (non-hydrogen) atoms. The van der Waals surface area contributed by atoms with Gasteiger partial charge in [0.15, 0.2) is 0 Å². The summed E-state index contributed by atoms with van der Waals surface area (Å²) in [4.78, 5) is 0. The Kier molecular flexibility index (Phi) is 2.72. The van der Waals surface area contributed by atoms with E-state index in [1.54, 1.807) is 0 Å². The molecule has 1 saturated carbocycles. The van der Waals surface area contributed by atoms with Gasteiger partial charge in [0.25, 0.3) is 0 Å². The molecule has 0 unspecified atom stereocenters. The molecule has 0 amide bonds. The van der Waals surface area contributed by atoms with Crippen LogP contribution >= 0.6 is 0 Å². The molecule has 0 aromatic rings. The largest absolute Gasteiger partial charge is 0.411 e. The molecule has 1 aliphatic carbocycles. The fourth-order valence-electron chi connectivity index (χ4n) is 1.70. The SMILES string of the molecule is CC/C(=N/O)C1CCCC1. The van der Waals surface area contributed by atoms with Gasteiger partial charge in [0.1, 0.15) is 0 Å². The standard InChI is InChI=1S/C8H15NO/c1-2-8(9-10)7-5-3-4-6-7/h7,10H,2-6H2,1H3/b9-8-. The summed E-state index contributed by atoms with van der Waals surface area (Å²) in [5, 5.41) is 11.9. The summed E-state index contributed by atoms with van der Waals surface area (Å²) in [5.74, 6) is 0.593. The van der Waals surface area contributed by atoms with Gasteiger partial charge in [-0.05, 0) is 19.3 Å². The molecule has 0 aliphatic heterocycles. The third-order valence-corrected chi connectivity index (χ3v) is 2.32. The third-order valence-electron chi connectivity index (χ3n) is 2.32. The number of nitrogens with zero attached hydrogens (tertiary/aromatic N) is 1. The summed E-state index contributed by atoms with van der Waals surface area (Å²) in [5.41, 5.74) is 0.998. The number of hydrogen-bond acceptors (Lipinski definition) is 2. The summed E-state index contributed by atoms with van der Waals surface area (Å²) in [6.07, 6.45) is 5.98. The maximum atomic E-state index is 8.57. The van der Waals surface area contributed by atoms with Crippen LogP contribution < -0.4 is 0 Å². The molecular formula is C8H15NO. The highest BCUT2D eigenvalue weighted by Crippen LogP contribution is 2.26. The molecule has 0 atom stereocenters. The highest BCUT2D eigenvalue weighted by atomic mass is 16.4. The Morgan fingerprint density at radius 2 is 2.10 bits per heavy atom. The second-order valence-corrected chi connectivity index (χ2v) is 2.93. The van der Waals surface area contributed by atoms with Crippen molar-refractivity contribution in [3.63, 3.8) is 0 Å². The molecule has 0 radical (unpaired) electrons. The Morgan fingerprint density at radius 3 is 2.50 bits per heavy atom. The molecule has 0 spiro atoms. The first kappa shape index (κ1) is 7.58. The summed E-state index contributed by atoms with van der Waals surface area (Å²) < 4.78 is 0. The van der Waals surface area contributed by atoms with E-state index in [9.17, 15) is 0 Å². The first-order chi connectivity index (χ1) is 4.88. The van der Waals surface area contributed by atoms with Crippen molar-refractivity contribution in [2.75, 3.05) is 0 Å². The maximum Gasteiger partial charge on any atom is 0.0598 e. The topological polar surface area (TPSA) is 32.6 Å². The van der Waals surface area contributed by atoms with Gasteiger partial charge in [-0.2, -0.15) is 0 Å². The Labute approximate surface area is 61.9 Å². The van der Waals surface area contributed by atoms with E-state index >= 15 is 0 Å². The zero-order valence-electron chi connectivity index (χ0n) is 6.51. The van der Waals surface area contributed by atoms with Crippen LogP contribution in [0.5, 0.6) is 0 Å². The molecule has 1 aliphatic rings. The van der Waals surface area contributed by atoms with E-state index in [1.165, 1.54) is 25.7 Å². The molecule has 1 fully saturated rings. The zero-order valence-corrected chi connectivity index (χ0v) is 6.51. The number of oxime groups is 1. The minimum atomic E-state index is 0.593. The lowest BCUT2D eigenvalue weighted by Gasteiger charge is -2.07. The highest BCUT2D eigenvalue weighted by Gasteiger charge is 2.19. The van der Waals surface area contributed by atoms with E-state index in [0.29, 0.717) is 5.92 Å². The van der Waals surface area contributed by atoms with Gasteiger partial charge in [-0.3, -0.25) is 0 Å². The van der Waals surface area contributed by atoms with Gasteiger partial charge in [-0.25, -0.2) is 0 Å². The van der Waals surface area contributed by atoms with Crippen LogP contribution in [0.25, 0.3) is 0 Å². The third kappa shape index (κ3) is 1.49. The van der Waals surface area contributed by atoms with Crippen molar-refractivity contribution >= 4 is 5.71 Å². The summed E-state index contributed by atoms with van der Waals surface area (Å²) in [7, 11) is 0. The van der Waals surface area contributed by atoms with E-state index in [4.69, 9.17) is 5.21 Å². The zero-order chi connectivity index (χ0) is 7.40. The van der Waals surface area contributed by atoms with Gasteiger partial charge >= 0.3 is 0 Å². The van der Waals surface area contributed by atoms with Gasteiger partial charge < -0.3 is 5.21 Å². The molecular weight excluding hydrogens is 126 g/mol. The average molecular weight is 141 g/mol. The van der Waals surface area contributed by atoms with Gasteiger partial charge in [-0.15, -0.1) is 0 Å². The summed E-state index contributed by atoms with van der Waals surface area (Å²) in [6.45, 7) is 2.05. The monoisotopic (exact) mass is 141 g/mol. The van der Waals surface area contributed by atoms with Crippen molar-refractivity contribution in [1.29, 1.82) is 0 Å². The van der Waals surface area contributed by atoms with E-state index in [0.717, 1.165) is 12.1 Å². The molecule has 58 valence electrons. The first-order valence-corrected chi connectivity index (χ1v) is 4.09. The van der Waals surface area contributed by atoms with Gasteiger partial charge in [0.05, 0.1) is 5.71 Å². The Hall–Kier alpha value is -0.530. The summed E-state index contributed by atoms with van der Waals surface area (Å²) >= 11 is 0. The molecule has 2 nitrogen and oxygen atoms in total. The molecule has 0 aromatic heterocycles. The quantitative estimate of drug-likeness (QED) is 0.357. The predicted octanol–water partition coefficient (Wildman–Crippen LogP) is 2.42. The van der Waals surface area contributed by atoms with Crippen molar-refractivity contribution in [3.05, 3.63) is 0 Å². The van der Waals surface area contributed by atoms with Crippen molar-refractivity contribution in [2.24, 2.45) is 11.1 Å². The second kappa shape index (κ2) is 3.59. The predicted molar refractivity (Wildman–Crippen MR) is 41.5 cm³/mol. The van der Waals surface area contributed by atoms with Crippen LogP contribution in [0.3, 0.4) is 0 Å². The maximum absolute atomic E-state index is 8.57. The summed E-state index contributed by atoms with van der Waals surface area (Å²) in [6, 6.07) is 0. The average Bonchev–Trinajstić information content (AvgIpc) is 2.43. The van der Waals surface area contributed by atoms with Gasteiger partial charge in [0.2, 0.25) is 0 Å². The van der Waals surface area contributed by atoms with Crippen molar-refractivity contribution in [3.8, 4) is 0 Å². The Bertz CT molecular complexity index is 125. The fourth-order valence-corrected chi connectivity index (χ4v) is 1.70. The van der Waals surface area contributed by atoms with E-state index in [-0.39, 0.29) is 0 Å². The van der Waals surface area contributed by atoms with Crippen LogP contribution in [0.1, 0.15) is 39.0 Å². The highest BCUT2D eigenvalue weighted by molar-refractivity contribution is 5.86. The van der Waals surface area contributed by atoms with Crippen LogP contribution in [0.4, 0.5) is 0 Å². The van der Waals surface area contributed by atoms with Gasteiger partial charge in [0, 0.05) is 5.92 Å². The van der Waals surface area contributed by atoms with Crippen LogP contribution in [0.15, 0.2) is 5.16 Å². The molecule has 0 saturated heterocycles. The van der Waals surface area contributed by atoms with Crippen molar-refractivity contribution in [1.82, 2.24) is 0 Å². The number of hydrogen-bond donors (Lipinski definition) is 1. The second-order valence-electron chi connectivity index (χ2n) is 2.93. The first-order valence-electron chi connectivity index (χ1n) is 4.09. The molecule has 1 rings (SSSR count). The van der Waals surface area contributed by atoms with E-state index < -0.39 is 0 Å². The van der Waals surface area contributed by atoms with Crippen LogP contribution in [-0.2, 0) is 0 Å². The lowest BCUT2D eigenvalue weighted by atomic mass is 10.0. The molecule has 2 heteroatoms. The van der Waals surface area contributed by atoms with Crippen LogP contribution in [0.2, 0.25) is 0 Å². The molecule has 0 bridgehead atoms. The van der Waals surface area contributed by atoms with Crippen molar-refractivity contribution in [2.45, 2.75) is 39.0 Å². The lowest BCUT2D eigenvalue weighted by molar-refractivity contribution is 0.313. The molecule has 0 heterocycles. The minimum Gasteiger partial charge on any atom is -0.411 e. The number of rotatable bonds is 2. The normalized spacial score (nSPS) is 21.9. The fraction of sp³-hybridized carbons (Fsp3) is 0.875. The Balaban J connectivity index is 2.45. The van der Waals surface area contributed by atoms with Crippen LogP contribution in [-0.4, -0.2) is 10.9 Å². The minimum absolute atomic E-state index is 0.593. The molecule has 0 aromatic carbocycles. The van der Waals surface area contributed by atoms with Crippen molar-refractivity contribution < 1.29 is 5.21 Å². The molecule has 1 N–H and O–H groups in total. The van der Waals surface area contributed by atoms with E-state index in [2.05, 4.69) is 5.16 Å². The van der Waals surface area contributed by atoms with E-state index in [1.807, 2.05) is 6.92 Å². The lowest BCUT2D eigenvalue weighted by Crippen LogP contribution is -2.09. The van der Waals surface area contributed by atoms with Crippen LogP contribution in [0, 0.1) is 5.92 Å². The van der Waals surface area contributed by atoms with Gasteiger partial charge in [-0.1, -0.05) is 24.9 Å². The smallest absolute Gasteiger partial charge is 0.0598 e. The Morgan fingerprint density at radius 1 is 1.50 bits per heavy atom.